The molecule has 0 amide bonds. The van der Waals surface area contributed by atoms with Crippen molar-refractivity contribution in [3.8, 4) is 11.5 Å². The van der Waals surface area contributed by atoms with Crippen LogP contribution in [0.3, 0.4) is 0 Å². The Morgan fingerprint density at radius 3 is 2.38 bits per heavy atom. The summed E-state index contributed by atoms with van der Waals surface area (Å²) in [4.78, 5) is 0. The Hall–Kier alpha value is -1.42. The fourth-order valence-corrected chi connectivity index (χ4v) is 3.33. The van der Waals surface area contributed by atoms with Crippen LogP contribution in [0.1, 0.15) is 36.6 Å². The molecule has 2 aromatic carbocycles. The molecule has 0 aromatic heterocycles. The Morgan fingerprint density at radius 2 is 1.71 bits per heavy atom. The lowest BCUT2D eigenvalue weighted by Gasteiger charge is -2.29. The van der Waals surface area contributed by atoms with Gasteiger partial charge in [0.15, 0.2) is 11.5 Å². The molecule has 1 aliphatic heterocycles. The first-order valence-electron chi connectivity index (χ1n) is 8.14. The first-order valence-corrected chi connectivity index (χ1v) is 8.52. The van der Waals surface area contributed by atoms with Gasteiger partial charge in [-0.3, -0.25) is 0 Å². The smallest absolute Gasteiger partial charge is 0.161 e. The fourth-order valence-electron chi connectivity index (χ4n) is 3.09. The first kappa shape index (κ1) is 18.9. The van der Waals surface area contributed by atoms with Gasteiger partial charge in [0.1, 0.15) is 0 Å². The first-order chi connectivity index (χ1) is 11.2. The maximum absolute atomic E-state index is 6.41. The molecule has 0 radical (unpaired) electrons. The van der Waals surface area contributed by atoms with Crippen molar-refractivity contribution in [2.24, 2.45) is 0 Å². The lowest BCUT2D eigenvalue weighted by Crippen LogP contribution is -2.30. The van der Waals surface area contributed by atoms with Gasteiger partial charge in [0, 0.05) is 11.6 Å². The molecule has 0 spiro atoms. The number of ether oxygens (including phenoxy) is 2. The molecular formula is C19H23Cl2NO2. The average molecular weight is 368 g/mol. The minimum atomic E-state index is 0. The van der Waals surface area contributed by atoms with Crippen molar-refractivity contribution in [2.45, 2.75) is 26.3 Å². The van der Waals surface area contributed by atoms with Gasteiger partial charge in [0.25, 0.3) is 0 Å². The molecule has 24 heavy (non-hydrogen) atoms. The highest BCUT2D eigenvalue weighted by Gasteiger charge is 2.25. The normalized spacial score (nSPS) is 16.0. The van der Waals surface area contributed by atoms with E-state index >= 15 is 0 Å². The summed E-state index contributed by atoms with van der Waals surface area (Å²) in [5.41, 5.74) is 3.61. The third-order valence-electron chi connectivity index (χ3n) is 4.08. The molecule has 0 bridgehead atoms. The van der Waals surface area contributed by atoms with E-state index in [0.29, 0.717) is 13.2 Å². The summed E-state index contributed by atoms with van der Waals surface area (Å²) >= 11 is 6.41. The van der Waals surface area contributed by atoms with Gasteiger partial charge < -0.3 is 14.8 Å². The number of hydrogen-bond donors (Lipinski definition) is 1. The quantitative estimate of drug-likeness (QED) is 0.823. The molecule has 2 aromatic rings. The molecule has 5 heteroatoms. The molecule has 3 nitrogen and oxygen atoms in total. The number of halogens is 2. The molecule has 1 atom stereocenters. The van der Waals surface area contributed by atoms with Gasteiger partial charge in [0.2, 0.25) is 0 Å². The van der Waals surface area contributed by atoms with Crippen molar-refractivity contribution in [1.29, 1.82) is 0 Å². The van der Waals surface area contributed by atoms with Gasteiger partial charge in [-0.15, -0.1) is 12.4 Å². The van der Waals surface area contributed by atoms with E-state index < -0.39 is 0 Å². The number of hydrogen-bond acceptors (Lipinski definition) is 3. The third-order valence-corrected chi connectivity index (χ3v) is 4.42. The summed E-state index contributed by atoms with van der Waals surface area (Å²) in [6.45, 7) is 6.14. The zero-order valence-corrected chi connectivity index (χ0v) is 15.5. The van der Waals surface area contributed by atoms with E-state index in [4.69, 9.17) is 21.1 Å². The summed E-state index contributed by atoms with van der Waals surface area (Å²) in [6, 6.07) is 12.3. The van der Waals surface area contributed by atoms with Crippen LogP contribution in [0.25, 0.3) is 0 Å². The Morgan fingerprint density at radius 1 is 1.04 bits per heavy atom. The van der Waals surface area contributed by atoms with Crippen LogP contribution in [0.5, 0.6) is 11.5 Å². The number of nitrogens with one attached hydrogen (secondary N) is 1. The van der Waals surface area contributed by atoms with Gasteiger partial charge in [-0.1, -0.05) is 29.8 Å². The molecular weight excluding hydrogens is 345 g/mol. The summed E-state index contributed by atoms with van der Waals surface area (Å²) in [5.74, 6) is 1.63. The molecule has 0 saturated carbocycles. The molecule has 1 heterocycles. The fraction of sp³-hybridized carbons (Fsp3) is 0.368. The van der Waals surface area contributed by atoms with Crippen LogP contribution in [-0.2, 0) is 6.42 Å². The predicted molar refractivity (Wildman–Crippen MR) is 101 cm³/mol. The zero-order valence-electron chi connectivity index (χ0n) is 14.0. The Labute approximate surface area is 154 Å². The van der Waals surface area contributed by atoms with E-state index in [1.54, 1.807) is 0 Å². The second-order valence-electron chi connectivity index (χ2n) is 5.52. The van der Waals surface area contributed by atoms with Gasteiger partial charge in [0.05, 0.1) is 19.3 Å². The summed E-state index contributed by atoms with van der Waals surface area (Å²) in [5, 5.41) is 4.35. The van der Waals surface area contributed by atoms with Crippen molar-refractivity contribution in [3.05, 3.63) is 58.1 Å². The predicted octanol–water partition coefficient (Wildman–Crippen LogP) is 4.79. The summed E-state index contributed by atoms with van der Waals surface area (Å²) in [6.07, 6.45) is 0.975. The molecule has 1 unspecified atom stereocenters. The minimum Gasteiger partial charge on any atom is -0.490 e. The highest BCUT2D eigenvalue weighted by molar-refractivity contribution is 6.31. The lowest BCUT2D eigenvalue weighted by atomic mass is 9.89. The Kier molecular flexibility index (Phi) is 6.79. The monoisotopic (exact) mass is 367 g/mol. The van der Waals surface area contributed by atoms with Gasteiger partial charge in [-0.2, -0.15) is 0 Å². The van der Waals surface area contributed by atoms with Crippen molar-refractivity contribution >= 4 is 24.0 Å². The topological polar surface area (TPSA) is 30.5 Å². The van der Waals surface area contributed by atoms with E-state index in [2.05, 4.69) is 23.5 Å². The van der Waals surface area contributed by atoms with Crippen molar-refractivity contribution in [2.75, 3.05) is 19.8 Å². The molecule has 0 saturated heterocycles. The molecule has 130 valence electrons. The van der Waals surface area contributed by atoms with Crippen LogP contribution in [0.15, 0.2) is 36.4 Å². The average Bonchev–Trinajstić information content (AvgIpc) is 2.56. The largest absolute Gasteiger partial charge is 0.490 e. The second kappa shape index (κ2) is 8.61. The summed E-state index contributed by atoms with van der Waals surface area (Å²) in [7, 11) is 0. The van der Waals surface area contributed by atoms with E-state index in [0.717, 1.165) is 35.1 Å². The molecule has 1 N–H and O–H groups in total. The number of fused-ring (bicyclic) bond motifs is 1. The van der Waals surface area contributed by atoms with Crippen molar-refractivity contribution in [1.82, 2.24) is 5.32 Å². The Balaban J connectivity index is 0.00000208. The van der Waals surface area contributed by atoms with Crippen LogP contribution in [0, 0.1) is 0 Å². The van der Waals surface area contributed by atoms with Crippen LogP contribution in [0.4, 0.5) is 0 Å². The molecule has 0 aliphatic carbocycles. The van der Waals surface area contributed by atoms with E-state index in [1.165, 1.54) is 11.1 Å². The standard InChI is InChI=1S/C19H22ClNO2.ClH/c1-3-22-17-11-13-9-10-21-19(14-7-5-6-8-16(14)20)15(13)12-18(17)23-4-2;/h5-8,11-12,19,21H,3-4,9-10H2,1-2H3;1H. The maximum Gasteiger partial charge on any atom is 0.161 e. The van der Waals surface area contributed by atoms with Crippen molar-refractivity contribution in [3.63, 3.8) is 0 Å². The molecule has 1 aliphatic rings. The Bertz CT molecular complexity index is 691. The minimum absolute atomic E-state index is 0. The van der Waals surface area contributed by atoms with Gasteiger partial charge in [-0.25, -0.2) is 0 Å². The third kappa shape index (κ3) is 3.80. The van der Waals surface area contributed by atoms with Crippen molar-refractivity contribution < 1.29 is 9.47 Å². The molecule has 0 fully saturated rings. The zero-order chi connectivity index (χ0) is 16.2. The maximum atomic E-state index is 6.41. The number of rotatable bonds is 5. The van der Waals surface area contributed by atoms with E-state index in [1.807, 2.05) is 32.0 Å². The van der Waals surface area contributed by atoms with Gasteiger partial charge in [-0.05, 0) is 55.2 Å². The summed E-state index contributed by atoms with van der Waals surface area (Å²) < 4.78 is 11.5. The second-order valence-corrected chi connectivity index (χ2v) is 5.93. The lowest BCUT2D eigenvalue weighted by molar-refractivity contribution is 0.286. The van der Waals surface area contributed by atoms with Crippen LogP contribution >= 0.6 is 24.0 Å². The van der Waals surface area contributed by atoms with Crippen LogP contribution in [0.2, 0.25) is 5.02 Å². The van der Waals surface area contributed by atoms with E-state index in [9.17, 15) is 0 Å². The van der Waals surface area contributed by atoms with Crippen LogP contribution < -0.4 is 14.8 Å². The van der Waals surface area contributed by atoms with E-state index in [-0.39, 0.29) is 18.4 Å². The number of benzene rings is 2. The van der Waals surface area contributed by atoms with Gasteiger partial charge >= 0.3 is 0 Å². The highest BCUT2D eigenvalue weighted by Crippen LogP contribution is 2.39. The highest BCUT2D eigenvalue weighted by atomic mass is 35.5. The SMILES string of the molecule is CCOc1cc2c(cc1OCC)C(c1ccccc1Cl)NCC2.Cl. The molecule has 3 rings (SSSR count). The van der Waals surface area contributed by atoms with Crippen LogP contribution in [-0.4, -0.2) is 19.8 Å².